The van der Waals surface area contributed by atoms with Gasteiger partial charge in [-0.05, 0) is 24.6 Å². The van der Waals surface area contributed by atoms with Crippen LogP contribution >= 0.6 is 12.4 Å². The zero-order chi connectivity index (χ0) is 15.6. The van der Waals surface area contributed by atoms with E-state index in [1.54, 1.807) is 0 Å². The molecule has 1 aromatic rings. The Morgan fingerprint density at radius 2 is 2.05 bits per heavy atom. The van der Waals surface area contributed by atoms with Gasteiger partial charge in [0.1, 0.15) is 11.3 Å². The number of nitrogens with zero attached hydrogens (tertiary/aromatic N) is 1. The van der Waals surface area contributed by atoms with Crippen LogP contribution in [0.5, 0.6) is 5.75 Å². The number of esters is 1. The molecule has 0 saturated carbocycles. The molecule has 2 N–H and O–H groups in total. The maximum absolute atomic E-state index is 12.5. The Labute approximate surface area is 135 Å². The zero-order valence-corrected chi connectivity index (χ0v) is 13.9. The van der Waals surface area contributed by atoms with Gasteiger partial charge >= 0.3 is 5.97 Å². The molecule has 1 heterocycles. The highest BCUT2D eigenvalue weighted by molar-refractivity contribution is 7.89. The van der Waals surface area contributed by atoms with Crippen LogP contribution in [0.15, 0.2) is 23.1 Å². The number of carbonyl (C=O) groups excluding carboxylic acids is 1. The molecule has 1 fully saturated rings. The average molecular weight is 351 g/mol. The summed E-state index contributed by atoms with van der Waals surface area (Å²) in [5.74, 6) is -0.388. The lowest BCUT2D eigenvalue weighted by atomic mass is 10.2. The number of nitrogens with two attached hydrogens (primary N) is 1. The van der Waals surface area contributed by atoms with Crippen molar-refractivity contribution in [2.24, 2.45) is 5.73 Å². The predicted molar refractivity (Wildman–Crippen MR) is 82.9 cm³/mol. The van der Waals surface area contributed by atoms with E-state index in [0.29, 0.717) is 13.0 Å². The third-order valence-corrected chi connectivity index (χ3v) is 5.26. The molecule has 1 aliphatic heterocycles. The number of hydrogen-bond acceptors (Lipinski definition) is 6. The van der Waals surface area contributed by atoms with Crippen molar-refractivity contribution in [1.82, 2.24) is 4.31 Å². The molecule has 1 atom stereocenters. The summed E-state index contributed by atoms with van der Waals surface area (Å²) < 4.78 is 36.1. The van der Waals surface area contributed by atoms with Crippen molar-refractivity contribution in [3.8, 4) is 5.75 Å². The molecule has 9 heteroatoms. The molecular weight excluding hydrogens is 332 g/mol. The molecule has 1 aromatic carbocycles. The van der Waals surface area contributed by atoms with Crippen molar-refractivity contribution in [1.29, 1.82) is 0 Å². The number of halogens is 1. The van der Waals surface area contributed by atoms with Gasteiger partial charge in [0.05, 0.1) is 19.1 Å². The minimum atomic E-state index is -3.67. The van der Waals surface area contributed by atoms with Crippen molar-refractivity contribution in [3.05, 3.63) is 23.8 Å². The van der Waals surface area contributed by atoms with Gasteiger partial charge in [0.25, 0.3) is 0 Å². The largest absolute Gasteiger partial charge is 0.496 e. The van der Waals surface area contributed by atoms with E-state index in [1.807, 2.05) is 0 Å². The summed E-state index contributed by atoms with van der Waals surface area (Å²) in [5.41, 5.74) is 5.82. The van der Waals surface area contributed by atoms with E-state index in [-0.39, 0.29) is 41.2 Å². The van der Waals surface area contributed by atoms with Gasteiger partial charge in [0.2, 0.25) is 10.0 Å². The lowest BCUT2D eigenvalue weighted by Gasteiger charge is -2.17. The van der Waals surface area contributed by atoms with Crippen molar-refractivity contribution in [3.63, 3.8) is 0 Å². The second-order valence-corrected chi connectivity index (χ2v) is 6.70. The van der Waals surface area contributed by atoms with Crippen LogP contribution in [0.4, 0.5) is 0 Å². The summed E-state index contributed by atoms with van der Waals surface area (Å²) in [6.07, 6.45) is 0.624. The van der Waals surface area contributed by atoms with Gasteiger partial charge < -0.3 is 15.2 Å². The molecule has 0 aliphatic carbocycles. The summed E-state index contributed by atoms with van der Waals surface area (Å²) in [6.45, 7) is 0.658. The molecule has 0 unspecified atom stereocenters. The molecule has 0 aromatic heterocycles. The number of ether oxygens (including phenoxy) is 2. The van der Waals surface area contributed by atoms with Gasteiger partial charge in [-0.3, -0.25) is 0 Å². The summed E-state index contributed by atoms with van der Waals surface area (Å²) in [4.78, 5) is 11.7. The molecule has 22 heavy (non-hydrogen) atoms. The molecule has 7 nitrogen and oxygen atoms in total. The number of carbonyl (C=O) groups is 1. The Hall–Kier alpha value is -1.35. The summed E-state index contributed by atoms with van der Waals surface area (Å²) >= 11 is 0. The predicted octanol–water partition coefficient (Wildman–Crippen LogP) is 0.625. The monoisotopic (exact) mass is 350 g/mol. The second-order valence-electron chi connectivity index (χ2n) is 4.77. The smallest absolute Gasteiger partial charge is 0.341 e. The van der Waals surface area contributed by atoms with E-state index in [2.05, 4.69) is 4.74 Å². The van der Waals surface area contributed by atoms with Crippen molar-refractivity contribution in [2.75, 3.05) is 27.3 Å². The number of benzene rings is 1. The van der Waals surface area contributed by atoms with Crippen LogP contribution in [0.2, 0.25) is 0 Å². The summed E-state index contributed by atoms with van der Waals surface area (Å²) in [5, 5.41) is 0. The lowest BCUT2D eigenvalue weighted by molar-refractivity contribution is 0.0597. The van der Waals surface area contributed by atoms with Crippen LogP contribution in [0.25, 0.3) is 0 Å². The van der Waals surface area contributed by atoms with Gasteiger partial charge in [0.15, 0.2) is 0 Å². The molecular formula is C13H19ClN2O5S. The fraction of sp³-hybridized carbons (Fsp3) is 0.462. The highest BCUT2D eigenvalue weighted by atomic mass is 35.5. The van der Waals surface area contributed by atoms with Crippen LogP contribution < -0.4 is 10.5 Å². The van der Waals surface area contributed by atoms with Crippen LogP contribution in [0, 0.1) is 0 Å². The molecule has 0 amide bonds. The quantitative estimate of drug-likeness (QED) is 0.799. The lowest BCUT2D eigenvalue weighted by Crippen LogP contribution is -2.32. The standard InChI is InChI=1S/C13H18N2O5S.ClH/c1-19-12-4-3-10(7-11(12)13(16)20-2)21(17,18)15-6-5-9(14)8-15;/h3-4,7,9H,5-6,8,14H2,1-2H3;1H/t9-;/m1./s1. The van der Waals surface area contributed by atoms with E-state index in [1.165, 1.54) is 36.7 Å². The Kier molecular flexibility index (Phi) is 6.18. The number of sulfonamides is 1. The topological polar surface area (TPSA) is 98.9 Å². The van der Waals surface area contributed by atoms with E-state index in [4.69, 9.17) is 10.5 Å². The van der Waals surface area contributed by atoms with Gasteiger partial charge in [-0.2, -0.15) is 4.31 Å². The zero-order valence-electron chi connectivity index (χ0n) is 12.3. The Morgan fingerprint density at radius 3 is 2.55 bits per heavy atom. The molecule has 1 aliphatic rings. The molecule has 1 saturated heterocycles. The highest BCUT2D eigenvalue weighted by Gasteiger charge is 2.31. The second kappa shape index (κ2) is 7.28. The molecule has 0 bridgehead atoms. The minimum absolute atomic E-state index is 0. The maximum atomic E-state index is 12.5. The number of methoxy groups -OCH3 is 2. The normalized spacial score (nSPS) is 18.6. The average Bonchev–Trinajstić information content (AvgIpc) is 2.93. The van der Waals surface area contributed by atoms with Crippen molar-refractivity contribution >= 4 is 28.4 Å². The minimum Gasteiger partial charge on any atom is -0.496 e. The van der Waals surface area contributed by atoms with Crippen molar-refractivity contribution < 1.29 is 22.7 Å². The van der Waals surface area contributed by atoms with E-state index < -0.39 is 16.0 Å². The molecule has 0 spiro atoms. The van der Waals surface area contributed by atoms with Gasteiger partial charge in [-0.1, -0.05) is 0 Å². The fourth-order valence-electron chi connectivity index (χ4n) is 2.24. The molecule has 2 rings (SSSR count). The third-order valence-electron chi connectivity index (χ3n) is 3.40. The van der Waals surface area contributed by atoms with Gasteiger partial charge in [0, 0.05) is 19.1 Å². The summed E-state index contributed by atoms with van der Waals surface area (Å²) in [6, 6.07) is 3.96. The number of rotatable bonds is 4. The Balaban J connectivity index is 0.00000242. The molecule has 124 valence electrons. The number of hydrogen-bond donors (Lipinski definition) is 1. The van der Waals surface area contributed by atoms with Crippen molar-refractivity contribution in [2.45, 2.75) is 17.4 Å². The van der Waals surface area contributed by atoms with Gasteiger partial charge in [-0.15, -0.1) is 12.4 Å². The van der Waals surface area contributed by atoms with Crippen LogP contribution in [0.3, 0.4) is 0 Å². The SMILES string of the molecule is COC(=O)c1cc(S(=O)(=O)N2CC[C@@H](N)C2)ccc1OC.Cl. The van der Waals surface area contributed by atoms with E-state index in [9.17, 15) is 13.2 Å². The van der Waals surface area contributed by atoms with Gasteiger partial charge in [-0.25, -0.2) is 13.2 Å². The first-order chi connectivity index (χ1) is 9.90. The first-order valence-corrected chi connectivity index (χ1v) is 7.86. The Bertz CT molecular complexity index is 650. The Morgan fingerprint density at radius 1 is 1.36 bits per heavy atom. The first kappa shape index (κ1) is 18.7. The van der Waals surface area contributed by atoms with Crippen LogP contribution in [-0.2, 0) is 14.8 Å². The van der Waals surface area contributed by atoms with Crippen LogP contribution in [-0.4, -0.2) is 52.0 Å². The first-order valence-electron chi connectivity index (χ1n) is 6.42. The third kappa shape index (κ3) is 3.52. The van der Waals surface area contributed by atoms with E-state index in [0.717, 1.165) is 0 Å². The summed E-state index contributed by atoms with van der Waals surface area (Å²) in [7, 11) is -1.05. The van der Waals surface area contributed by atoms with E-state index >= 15 is 0 Å². The fourth-order valence-corrected chi connectivity index (χ4v) is 3.78. The van der Waals surface area contributed by atoms with Crippen LogP contribution in [0.1, 0.15) is 16.8 Å². The molecule has 0 radical (unpaired) electrons. The maximum Gasteiger partial charge on any atom is 0.341 e. The highest BCUT2D eigenvalue weighted by Crippen LogP contribution is 2.26.